The Morgan fingerprint density at radius 3 is 2.17 bits per heavy atom. The maximum Gasteiger partial charge on any atom is 0.490 e. The minimum Gasteiger partial charge on any atom is -0.493 e. The number of amides is 1. The zero-order valence-electron chi connectivity index (χ0n) is 23.7. The highest BCUT2D eigenvalue weighted by molar-refractivity contribution is 5.94. The number of benzene rings is 2. The standard InChI is InChI=1S/C29H40N2O2.C2HF3O2/c1-4-7-24-10-12-25(13-11-24)28(32)31-18-15-29(16-19-31)14-17-30(22-29)20-26-8-5-6-9-27(26)33-21-23(2)3;3-2(4,5)1(6)7/h5-6,8-13,23H,4,7,14-22H2,1-3H3;(H,6,7). The van der Waals surface area contributed by atoms with Crippen molar-refractivity contribution < 1.29 is 32.6 Å². The van der Waals surface area contributed by atoms with E-state index in [-0.39, 0.29) is 5.91 Å². The molecule has 2 heterocycles. The Kier molecular flexibility index (Phi) is 11.0. The van der Waals surface area contributed by atoms with E-state index in [2.05, 4.69) is 67.0 Å². The normalized spacial score (nSPS) is 17.0. The fourth-order valence-corrected chi connectivity index (χ4v) is 5.31. The minimum atomic E-state index is -5.08. The van der Waals surface area contributed by atoms with Gasteiger partial charge in [-0.1, -0.05) is 57.5 Å². The number of carboxylic acids is 1. The molecule has 40 heavy (non-hydrogen) atoms. The first-order valence-electron chi connectivity index (χ1n) is 14.0. The van der Waals surface area contributed by atoms with Crippen molar-refractivity contribution in [2.45, 2.75) is 65.6 Å². The van der Waals surface area contributed by atoms with Crippen LogP contribution in [0.15, 0.2) is 48.5 Å². The van der Waals surface area contributed by atoms with Crippen LogP contribution in [-0.4, -0.2) is 65.7 Å². The summed E-state index contributed by atoms with van der Waals surface area (Å²) >= 11 is 0. The second kappa shape index (κ2) is 14.0. The highest BCUT2D eigenvalue weighted by Crippen LogP contribution is 2.41. The lowest BCUT2D eigenvalue weighted by Gasteiger charge is -2.39. The highest BCUT2D eigenvalue weighted by atomic mass is 19.4. The molecule has 2 aliphatic rings. The summed E-state index contributed by atoms with van der Waals surface area (Å²) in [4.78, 5) is 26.6. The first kappa shape index (κ1) is 31.5. The largest absolute Gasteiger partial charge is 0.493 e. The quantitative estimate of drug-likeness (QED) is 0.401. The first-order chi connectivity index (χ1) is 18.9. The summed E-state index contributed by atoms with van der Waals surface area (Å²) in [6.45, 7) is 12.3. The van der Waals surface area contributed by atoms with Gasteiger partial charge in [-0.2, -0.15) is 13.2 Å². The van der Waals surface area contributed by atoms with Crippen molar-refractivity contribution in [1.29, 1.82) is 0 Å². The fraction of sp³-hybridized carbons (Fsp3) is 0.548. The van der Waals surface area contributed by atoms with Gasteiger partial charge in [0.15, 0.2) is 0 Å². The maximum atomic E-state index is 13.0. The lowest BCUT2D eigenvalue weighted by Crippen LogP contribution is -2.44. The van der Waals surface area contributed by atoms with Crippen LogP contribution in [0.25, 0.3) is 0 Å². The van der Waals surface area contributed by atoms with E-state index < -0.39 is 12.1 Å². The van der Waals surface area contributed by atoms with Crippen LogP contribution in [0.2, 0.25) is 0 Å². The lowest BCUT2D eigenvalue weighted by molar-refractivity contribution is -0.192. The van der Waals surface area contributed by atoms with Crippen molar-refractivity contribution in [2.24, 2.45) is 11.3 Å². The van der Waals surface area contributed by atoms with Crippen LogP contribution < -0.4 is 4.74 Å². The molecular formula is C31H41F3N2O4. The third-order valence-electron chi connectivity index (χ3n) is 7.55. The number of nitrogens with zero attached hydrogens (tertiary/aromatic N) is 2. The molecule has 1 N–H and O–H groups in total. The number of carboxylic acid groups (broad SMARTS) is 1. The number of alkyl halides is 3. The fourth-order valence-electron chi connectivity index (χ4n) is 5.31. The van der Waals surface area contributed by atoms with E-state index in [9.17, 15) is 18.0 Å². The predicted molar refractivity (Wildman–Crippen MR) is 148 cm³/mol. The van der Waals surface area contributed by atoms with Crippen molar-refractivity contribution in [3.05, 3.63) is 65.2 Å². The van der Waals surface area contributed by atoms with Crippen LogP contribution in [0.4, 0.5) is 13.2 Å². The molecule has 0 saturated carbocycles. The zero-order chi connectivity index (χ0) is 29.3. The molecule has 0 radical (unpaired) electrons. The second-order valence-corrected chi connectivity index (χ2v) is 11.3. The number of carbonyl (C=O) groups is 2. The molecule has 2 aromatic rings. The Hall–Kier alpha value is -3.07. The van der Waals surface area contributed by atoms with Crippen LogP contribution in [0.3, 0.4) is 0 Å². The number of likely N-dealkylation sites (tertiary alicyclic amines) is 2. The number of hydrogen-bond acceptors (Lipinski definition) is 4. The van der Waals surface area contributed by atoms with Gasteiger partial charge in [-0.15, -0.1) is 0 Å². The average Bonchev–Trinajstić information content (AvgIpc) is 3.30. The van der Waals surface area contributed by atoms with Crippen LogP contribution in [-0.2, 0) is 17.8 Å². The number of rotatable bonds is 8. The number of piperidine rings is 1. The number of halogens is 3. The third-order valence-corrected chi connectivity index (χ3v) is 7.55. The Morgan fingerprint density at radius 1 is 1.00 bits per heavy atom. The molecule has 0 aromatic heterocycles. The zero-order valence-corrected chi connectivity index (χ0v) is 23.7. The molecule has 2 fully saturated rings. The number of ether oxygens (including phenoxy) is 1. The summed E-state index contributed by atoms with van der Waals surface area (Å²) in [6, 6.07) is 16.7. The monoisotopic (exact) mass is 562 g/mol. The molecule has 0 atom stereocenters. The van der Waals surface area contributed by atoms with E-state index in [1.54, 1.807) is 0 Å². The van der Waals surface area contributed by atoms with Gasteiger partial charge >= 0.3 is 12.1 Å². The van der Waals surface area contributed by atoms with Gasteiger partial charge in [-0.05, 0) is 67.3 Å². The second-order valence-electron chi connectivity index (χ2n) is 11.3. The van der Waals surface area contributed by atoms with Gasteiger partial charge in [0.2, 0.25) is 0 Å². The van der Waals surface area contributed by atoms with Crippen molar-refractivity contribution >= 4 is 11.9 Å². The molecule has 0 unspecified atom stereocenters. The van der Waals surface area contributed by atoms with E-state index in [4.69, 9.17) is 14.6 Å². The van der Waals surface area contributed by atoms with Gasteiger partial charge < -0.3 is 14.7 Å². The van der Waals surface area contributed by atoms with Crippen LogP contribution in [0.5, 0.6) is 5.75 Å². The summed E-state index contributed by atoms with van der Waals surface area (Å²) in [5.41, 5.74) is 3.79. The molecule has 0 bridgehead atoms. The average molecular weight is 563 g/mol. The SMILES string of the molecule is CCCc1ccc(C(=O)N2CCC3(CCN(Cc4ccccc4OCC(C)C)C3)CC2)cc1.O=C(O)C(F)(F)F. The molecule has 2 saturated heterocycles. The first-order valence-corrected chi connectivity index (χ1v) is 14.0. The molecule has 220 valence electrons. The van der Waals surface area contributed by atoms with Gasteiger partial charge in [0.25, 0.3) is 5.91 Å². The molecule has 2 aliphatic heterocycles. The van der Waals surface area contributed by atoms with E-state index in [1.165, 1.54) is 17.5 Å². The summed E-state index contributed by atoms with van der Waals surface area (Å²) in [5, 5.41) is 7.12. The molecule has 1 spiro atoms. The van der Waals surface area contributed by atoms with E-state index in [0.717, 1.165) is 76.3 Å². The number of para-hydroxylation sites is 1. The molecule has 1 amide bonds. The number of aliphatic carboxylic acids is 1. The van der Waals surface area contributed by atoms with Gasteiger partial charge in [-0.3, -0.25) is 9.69 Å². The number of hydrogen-bond donors (Lipinski definition) is 1. The van der Waals surface area contributed by atoms with Gasteiger partial charge in [0, 0.05) is 37.3 Å². The van der Waals surface area contributed by atoms with Crippen molar-refractivity contribution in [3.63, 3.8) is 0 Å². The molecule has 4 rings (SSSR count). The summed E-state index contributed by atoms with van der Waals surface area (Å²) in [6.07, 6.45) is 0.569. The highest BCUT2D eigenvalue weighted by Gasteiger charge is 2.41. The Balaban J connectivity index is 0.000000559. The van der Waals surface area contributed by atoms with Crippen molar-refractivity contribution in [2.75, 3.05) is 32.8 Å². The third kappa shape index (κ3) is 8.98. The molecule has 0 aliphatic carbocycles. The van der Waals surface area contributed by atoms with Crippen LogP contribution >= 0.6 is 0 Å². The molecular weight excluding hydrogens is 521 g/mol. The van der Waals surface area contributed by atoms with E-state index >= 15 is 0 Å². The molecule has 6 nitrogen and oxygen atoms in total. The molecule has 9 heteroatoms. The van der Waals surface area contributed by atoms with Crippen molar-refractivity contribution in [3.8, 4) is 5.75 Å². The van der Waals surface area contributed by atoms with E-state index in [0.29, 0.717) is 11.3 Å². The van der Waals surface area contributed by atoms with Crippen LogP contribution in [0, 0.1) is 11.3 Å². The van der Waals surface area contributed by atoms with E-state index in [1.807, 2.05) is 12.1 Å². The number of aryl methyl sites for hydroxylation is 1. The van der Waals surface area contributed by atoms with Gasteiger partial charge in [-0.25, -0.2) is 4.79 Å². The van der Waals surface area contributed by atoms with Crippen molar-refractivity contribution in [1.82, 2.24) is 9.80 Å². The van der Waals surface area contributed by atoms with Gasteiger partial charge in [0.1, 0.15) is 5.75 Å². The van der Waals surface area contributed by atoms with Gasteiger partial charge in [0.05, 0.1) is 6.61 Å². The minimum absolute atomic E-state index is 0.194. The van der Waals surface area contributed by atoms with Crippen LogP contribution in [0.1, 0.15) is 67.9 Å². The Bertz CT molecular complexity index is 1110. The summed E-state index contributed by atoms with van der Waals surface area (Å²) in [5.74, 6) is -1.01. The summed E-state index contributed by atoms with van der Waals surface area (Å²) in [7, 11) is 0. The summed E-state index contributed by atoms with van der Waals surface area (Å²) < 4.78 is 37.8. The predicted octanol–water partition coefficient (Wildman–Crippen LogP) is 6.44. The maximum absolute atomic E-state index is 13.0. The Morgan fingerprint density at radius 2 is 1.60 bits per heavy atom. The number of carbonyl (C=O) groups excluding carboxylic acids is 1. The lowest BCUT2D eigenvalue weighted by atomic mass is 9.77. The smallest absolute Gasteiger partial charge is 0.490 e. The Labute approximate surface area is 235 Å². The molecule has 2 aromatic carbocycles. The topological polar surface area (TPSA) is 70.1 Å².